The summed E-state index contributed by atoms with van der Waals surface area (Å²) in [6.45, 7) is 10.2. The molecule has 2 aromatic carbocycles. The zero-order valence-electron chi connectivity index (χ0n) is 29.4. The van der Waals surface area contributed by atoms with Crippen LogP contribution in [0.15, 0.2) is 94.8 Å². The van der Waals surface area contributed by atoms with Gasteiger partial charge in [-0.3, -0.25) is 28.5 Å². The van der Waals surface area contributed by atoms with Gasteiger partial charge in [-0.25, -0.2) is 15.0 Å². The molecule has 0 saturated carbocycles. The van der Waals surface area contributed by atoms with Crippen molar-refractivity contribution in [2.75, 3.05) is 0 Å². The molecule has 0 atom stereocenters. The lowest BCUT2D eigenvalue weighted by atomic mass is 9.85. The van der Waals surface area contributed by atoms with Crippen LogP contribution in [-0.4, -0.2) is 34.9 Å². The smallest absolute Gasteiger partial charge is 0.261 e. The number of Topliss-reactive ketones (excluding diaryl/α,β-unsaturated/α-hetero) is 1. The van der Waals surface area contributed by atoms with Gasteiger partial charge >= 0.3 is 0 Å². The van der Waals surface area contributed by atoms with Crippen molar-refractivity contribution < 1.29 is 4.79 Å². The molecule has 256 valence electrons. The van der Waals surface area contributed by atoms with Gasteiger partial charge in [0.25, 0.3) is 11.1 Å². The average molecular weight is 677 g/mol. The Labute approximate surface area is 296 Å². The second kappa shape index (κ2) is 13.5. The summed E-state index contributed by atoms with van der Waals surface area (Å²) in [5, 5.41) is 1.23. The van der Waals surface area contributed by atoms with Crippen molar-refractivity contribution in [3.63, 3.8) is 0 Å². The number of aryl methyl sites for hydroxylation is 2. The summed E-state index contributed by atoms with van der Waals surface area (Å²) in [5.74, 6) is 7.82. The monoisotopic (exact) mass is 676 g/mol. The highest BCUT2D eigenvalue weighted by molar-refractivity contribution is 6.00. The zero-order valence-corrected chi connectivity index (χ0v) is 29.4. The fourth-order valence-corrected chi connectivity index (χ4v) is 6.75. The number of nitrogens with zero attached hydrogens (tertiary/aromatic N) is 6. The lowest BCUT2D eigenvalue weighted by Gasteiger charge is -2.31. The number of hydrogen-bond acceptors (Lipinski definition) is 7. The molecule has 0 fully saturated rings. The Hall–Kier alpha value is -5.75. The molecular weight excluding hydrogens is 637 g/mol. The highest BCUT2D eigenvalue weighted by Crippen LogP contribution is 2.30. The van der Waals surface area contributed by atoms with Crippen molar-refractivity contribution in [2.24, 2.45) is 10.8 Å². The minimum absolute atomic E-state index is 0.0125. The van der Waals surface area contributed by atoms with E-state index in [1.165, 1.54) is 0 Å². The molecule has 0 saturated heterocycles. The van der Waals surface area contributed by atoms with E-state index in [-0.39, 0.29) is 34.2 Å². The maximum atomic E-state index is 12.9. The van der Waals surface area contributed by atoms with Crippen molar-refractivity contribution in [2.45, 2.75) is 72.9 Å². The van der Waals surface area contributed by atoms with Gasteiger partial charge < -0.3 is 0 Å². The van der Waals surface area contributed by atoms with Crippen molar-refractivity contribution in [1.29, 1.82) is 0 Å². The lowest BCUT2D eigenvalue weighted by molar-refractivity contribution is 0.0992. The molecule has 0 unspecified atom stereocenters. The summed E-state index contributed by atoms with van der Waals surface area (Å²) in [5.41, 5.74) is 4.48. The second-order valence-electron chi connectivity index (χ2n) is 15.0. The van der Waals surface area contributed by atoms with Gasteiger partial charge in [-0.05, 0) is 84.2 Å². The fourth-order valence-electron chi connectivity index (χ4n) is 6.75. The molecular formula is C42H40N6O3. The van der Waals surface area contributed by atoms with Crippen LogP contribution < -0.4 is 11.1 Å². The highest BCUT2D eigenvalue weighted by Gasteiger charge is 2.28. The van der Waals surface area contributed by atoms with Gasteiger partial charge in [0.1, 0.15) is 17.3 Å². The molecule has 0 spiro atoms. The van der Waals surface area contributed by atoms with E-state index in [1.54, 1.807) is 35.2 Å². The number of benzene rings is 2. The summed E-state index contributed by atoms with van der Waals surface area (Å²) < 4.78 is 3.63. The van der Waals surface area contributed by atoms with E-state index in [9.17, 15) is 14.4 Å². The van der Waals surface area contributed by atoms with Crippen LogP contribution in [0.25, 0.3) is 21.8 Å². The first-order valence-electron chi connectivity index (χ1n) is 17.4. The predicted molar refractivity (Wildman–Crippen MR) is 199 cm³/mol. The van der Waals surface area contributed by atoms with E-state index >= 15 is 0 Å². The summed E-state index contributed by atoms with van der Waals surface area (Å²) in [6, 6.07) is 22.0. The third kappa shape index (κ3) is 7.41. The Balaban J connectivity index is 0.000000159. The molecule has 0 bridgehead atoms. The molecule has 9 heteroatoms. The maximum Gasteiger partial charge on any atom is 0.261 e. The lowest BCUT2D eigenvalue weighted by Crippen LogP contribution is -2.36. The topological polar surface area (TPSA) is 113 Å². The molecule has 9 nitrogen and oxygen atoms in total. The van der Waals surface area contributed by atoms with Gasteiger partial charge in [0.15, 0.2) is 5.78 Å². The number of ketones is 1. The van der Waals surface area contributed by atoms with E-state index in [2.05, 4.69) is 54.5 Å². The van der Waals surface area contributed by atoms with E-state index < -0.39 is 0 Å². The largest absolute Gasteiger partial charge is 0.296 e. The first kappa shape index (κ1) is 33.7. The van der Waals surface area contributed by atoms with E-state index in [1.807, 2.05) is 59.2 Å². The third-order valence-electron chi connectivity index (χ3n) is 9.68. The van der Waals surface area contributed by atoms with Crippen LogP contribution >= 0.6 is 0 Å². The van der Waals surface area contributed by atoms with Gasteiger partial charge in [-0.15, -0.1) is 0 Å². The first-order valence-corrected chi connectivity index (χ1v) is 17.4. The van der Waals surface area contributed by atoms with Crippen LogP contribution in [0, 0.1) is 22.7 Å². The molecule has 2 aliphatic heterocycles. The average Bonchev–Trinajstić information content (AvgIpc) is 3.12. The van der Waals surface area contributed by atoms with E-state index in [0.717, 1.165) is 66.3 Å². The van der Waals surface area contributed by atoms with Crippen LogP contribution in [0.5, 0.6) is 0 Å². The Morgan fingerprint density at radius 2 is 1.29 bits per heavy atom. The number of carbonyl (C=O) groups is 1. The van der Waals surface area contributed by atoms with Crippen molar-refractivity contribution >= 4 is 27.6 Å². The summed E-state index contributed by atoms with van der Waals surface area (Å²) in [4.78, 5) is 56.1. The Kier molecular flexibility index (Phi) is 8.94. The normalized spacial score (nSPS) is 15.5. The molecule has 0 N–H and O–H groups in total. The van der Waals surface area contributed by atoms with Crippen LogP contribution in [0.2, 0.25) is 0 Å². The van der Waals surface area contributed by atoms with Gasteiger partial charge in [0, 0.05) is 55.1 Å². The van der Waals surface area contributed by atoms with Gasteiger partial charge in [0.2, 0.25) is 0 Å². The number of pyridine rings is 2. The highest BCUT2D eigenvalue weighted by atomic mass is 16.1. The van der Waals surface area contributed by atoms with Crippen molar-refractivity contribution in [3.05, 3.63) is 140 Å². The molecule has 0 radical (unpaired) electrons. The van der Waals surface area contributed by atoms with Gasteiger partial charge in [-0.2, -0.15) is 0 Å². The molecule has 51 heavy (non-hydrogen) atoms. The van der Waals surface area contributed by atoms with Crippen LogP contribution in [0.1, 0.15) is 79.5 Å². The molecule has 6 heterocycles. The molecule has 0 amide bonds. The number of carbonyl (C=O) groups excluding carboxylic acids is 1. The maximum absolute atomic E-state index is 12.9. The molecule has 8 rings (SSSR count). The third-order valence-corrected chi connectivity index (χ3v) is 9.68. The fraction of sp³-hybridized carbons (Fsp3) is 0.310. The minimum atomic E-state index is -0.0219. The minimum Gasteiger partial charge on any atom is -0.296 e. The van der Waals surface area contributed by atoms with Crippen LogP contribution in [0.3, 0.4) is 0 Å². The van der Waals surface area contributed by atoms with Crippen molar-refractivity contribution in [1.82, 2.24) is 29.1 Å². The molecule has 4 aromatic heterocycles. The van der Waals surface area contributed by atoms with Gasteiger partial charge in [-0.1, -0.05) is 51.8 Å². The Bertz CT molecular complexity index is 2470. The number of fused-ring (bicyclic) bond motifs is 4. The SMILES string of the molecule is CC1(C)CCc2nc3cc(C#Cc4ccccn4)ccc3c(=O)n2C1.CC1(C)CCc2nc3cc(C(=O)Cc4ccccn4)ccc3c(=O)n2C1. The summed E-state index contributed by atoms with van der Waals surface area (Å²) >= 11 is 0. The van der Waals surface area contributed by atoms with Gasteiger partial charge in [0.05, 0.1) is 28.2 Å². The number of aromatic nitrogens is 6. The van der Waals surface area contributed by atoms with Crippen LogP contribution in [0.4, 0.5) is 0 Å². The molecule has 0 aliphatic carbocycles. The van der Waals surface area contributed by atoms with E-state index in [0.29, 0.717) is 28.4 Å². The summed E-state index contributed by atoms with van der Waals surface area (Å²) in [7, 11) is 0. The molecule has 2 aliphatic rings. The van der Waals surface area contributed by atoms with Crippen LogP contribution in [-0.2, 0) is 32.4 Å². The summed E-state index contributed by atoms with van der Waals surface area (Å²) in [6.07, 6.45) is 7.31. The second-order valence-corrected chi connectivity index (χ2v) is 15.0. The Morgan fingerprint density at radius 1 is 0.706 bits per heavy atom. The number of hydrogen-bond donors (Lipinski definition) is 0. The number of rotatable bonds is 3. The van der Waals surface area contributed by atoms with E-state index in [4.69, 9.17) is 4.98 Å². The van der Waals surface area contributed by atoms with Crippen molar-refractivity contribution in [3.8, 4) is 11.8 Å². The quantitative estimate of drug-likeness (QED) is 0.159. The predicted octanol–water partition coefficient (Wildman–Crippen LogP) is 6.35. The standard InChI is InChI=1S/C21H21N3O2.C21H19N3O/c1-21(2)9-8-19-23-17-11-14(6-7-16(17)20(26)24(19)13-21)18(25)12-15-5-3-4-10-22-15;1-21(2)11-10-19-23-18-13-15(6-8-16-5-3-4-12-22-16)7-9-17(18)20(25)24(19)14-21/h3-7,10-11H,8-9,12-13H2,1-2H3;3-5,7,9,12-13H,10-11,14H2,1-2H3. The zero-order chi connectivity index (χ0) is 35.8. The Morgan fingerprint density at radius 3 is 1.88 bits per heavy atom. The first-order chi connectivity index (χ1) is 24.4. The molecule has 6 aromatic rings.